The lowest BCUT2D eigenvalue weighted by molar-refractivity contribution is -0.0976. The number of aromatic nitrogens is 1. The average molecular weight is 325 g/mol. The smallest absolute Gasteiger partial charge is 0.285 e. The number of nitrogens with zero attached hydrogens (tertiary/aromatic N) is 2. The van der Waals surface area contributed by atoms with Crippen LogP contribution >= 0.6 is 0 Å². The molecule has 24 heavy (non-hydrogen) atoms. The molecule has 0 radical (unpaired) electrons. The summed E-state index contributed by atoms with van der Waals surface area (Å²) >= 11 is 0. The van der Waals surface area contributed by atoms with E-state index in [1.165, 1.54) is 0 Å². The zero-order chi connectivity index (χ0) is 17.1. The highest BCUT2D eigenvalue weighted by Crippen LogP contribution is 2.22. The highest BCUT2D eigenvalue weighted by molar-refractivity contribution is 6.20. The number of hydrogen-bond donors (Lipinski definition) is 1. The van der Waals surface area contributed by atoms with Crippen LogP contribution in [0.25, 0.3) is 0 Å². The molecular weight excluding hydrogens is 310 g/mol. The van der Waals surface area contributed by atoms with Crippen LogP contribution in [0.2, 0.25) is 0 Å². The van der Waals surface area contributed by atoms with Crippen molar-refractivity contribution in [3.63, 3.8) is 0 Å². The van der Waals surface area contributed by atoms with Gasteiger partial charge in [-0.05, 0) is 25.1 Å². The van der Waals surface area contributed by atoms with Gasteiger partial charge in [0.1, 0.15) is 19.0 Å². The van der Waals surface area contributed by atoms with E-state index in [1.807, 2.05) is 0 Å². The van der Waals surface area contributed by atoms with Crippen LogP contribution in [0.15, 0.2) is 42.6 Å². The van der Waals surface area contributed by atoms with Crippen LogP contribution < -0.4 is 4.74 Å². The van der Waals surface area contributed by atoms with E-state index >= 15 is 0 Å². The maximum Gasteiger partial charge on any atom is 0.285 e. The first-order chi connectivity index (χ1) is 11.6. The second-order valence-corrected chi connectivity index (χ2v) is 5.13. The van der Waals surface area contributed by atoms with Crippen molar-refractivity contribution in [3.8, 4) is 5.75 Å². The van der Waals surface area contributed by atoms with E-state index in [0.29, 0.717) is 28.3 Å². The molecule has 1 aromatic carbocycles. The molecule has 0 saturated heterocycles. The van der Waals surface area contributed by atoms with Gasteiger partial charge in [-0.1, -0.05) is 12.1 Å². The molecule has 7 nitrogen and oxygen atoms in total. The number of rotatable bonds is 6. The first kappa shape index (κ1) is 15.8. The number of nitrogens with one attached hydrogen (secondary N) is 1. The minimum atomic E-state index is -0.471. The van der Waals surface area contributed by atoms with Crippen molar-refractivity contribution >= 4 is 17.5 Å². The van der Waals surface area contributed by atoms with E-state index in [0.717, 1.165) is 5.06 Å². The van der Waals surface area contributed by atoms with E-state index in [9.17, 15) is 9.59 Å². The van der Waals surface area contributed by atoms with Gasteiger partial charge in [-0.2, -0.15) is 0 Å². The molecule has 1 aliphatic rings. The number of amides is 2. The number of fused-ring (bicyclic) bond motifs is 1. The van der Waals surface area contributed by atoms with Crippen molar-refractivity contribution in [2.75, 3.05) is 13.2 Å². The topological polar surface area (TPSA) is 92.6 Å². The molecule has 0 atom stereocenters. The van der Waals surface area contributed by atoms with Crippen LogP contribution in [0.1, 0.15) is 33.3 Å². The SMILES string of the molecule is CC(=N)c1cc(OCCON2C(=O)c3ccccc3C2=O)ccn1. The Morgan fingerprint density at radius 1 is 1.12 bits per heavy atom. The number of carbonyl (C=O) groups is 2. The molecule has 2 aromatic rings. The third kappa shape index (κ3) is 3.02. The van der Waals surface area contributed by atoms with Crippen LogP contribution in [-0.2, 0) is 4.84 Å². The summed E-state index contributed by atoms with van der Waals surface area (Å²) in [5.41, 5.74) is 1.53. The van der Waals surface area contributed by atoms with Gasteiger partial charge in [-0.15, -0.1) is 5.06 Å². The van der Waals surface area contributed by atoms with Crippen molar-refractivity contribution in [1.29, 1.82) is 5.41 Å². The quantitative estimate of drug-likeness (QED) is 0.498. The Balaban J connectivity index is 1.55. The molecule has 1 aromatic heterocycles. The normalized spacial score (nSPS) is 13.1. The number of pyridine rings is 1. The maximum atomic E-state index is 12.1. The summed E-state index contributed by atoms with van der Waals surface area (Å²) in [5.74, 6) is -0.403. The van der Waals surface area contributed by atoms with E-state index in [1.54, 1.807) is 49.5 Å². The predicted molar refractivity (Wildman–Crippen MR) is 85.1 cm³/mol. The molecule has 0 saturated carbocycles. The average Bonchev–Trinajstić information content (AvgIpc) is 2.84. The van der Waals surface area contributed by atoms with Crippen molar-refractivity contribution in [3.05, 3.63) is 59.4 Å². The Morgan fingerprint density at radius 3 is 2.42 bits per heavy atom. The first-order valence-corrected chi connectivity index (χ1v) is 7.33. The van der Waals surface area contributed by atoms with Gasteiger partial charge in [-0.3, -0.25) is 19.4 Å². The molecule has 122 valence electrons. The number of benzene rings is 1. The van der Waals surface area contributed by atoms with Crippen LogP contribution in [0.5, 0.6) is 5.75 Å². The second-order valence-electron chi connectivity index (χ2n) is 5.13. The van der Waals surface area contributed by atoms with Crippen LogP contribution in [0.4, 0.5) is 0 Å². The molecule has 2 heterocycles. The fourth-order valence-corrected chi connectivity index (χ4v) is 2.28. The molecule has 0 fully saturated rings. The zero-order valence-corrected chi connectivity index (χ0v) is 13.0. The molecule has 7 heteroatoms. The molecule has 1 aliphatic heterocycles. The molecule has 0 aliphatic carbocycles. The number of ether oxygens (including phenoxy) is 1. The number of carbonyl (C=O) groups excluding carboxylic acids is 2. The molecule has 1 N–H and O–H groups in total. The van der Waals surface area contributed by atoms with Gasteiger partial charge < -0.3 is 10.1 Å². The van der Waals surface area contributed by atoms with Crippen LogP contribution in [-0.4, -0.2) is 40.8 Å². The number of imide groups is 1. The summed E-state index contributed by atoms with van der Waals surface area (Å²) < 4.78 is 5.49. The summed E-state index contributed by atoms with van der Waals surface area (Å²) in [6.45, 7) is 1.82. The van der Waals surface area contributed by atoms with Crippen LogP contribution in [0.3, 0.4) is 0 Å². The maximum absolute atomic E-state index is 12.1. The molecular formula is C17H15N3O4. The zero-order valence-electron chi connectivity index (χ0n) is 13.0. The predicted octanol–water partition coefficient (Wildman–Crippen LogP) is 2.08. The van der Waals surface area contributed by atoms with Crippen molar-refractivity contribution in [2.24, 2.45) is 0 Å². The highest BCUT2D eigenvalue weighted by atomic mass is 16.7. The van der Waals surface area contributed by atoms with E-state index < -0.39 is 11.8 Å². The number of hydrogen-bond acceptors (Lipinski definition) is 6. The van der Waals surface area contributed by atoms with Crippen molar-refractivity contribution < 1.29 is 19.2 Å². The first-order valence-electron chi connectivity index (χ1n) is 7.33. The fourth-order valence-electron chi connectivity index (χ4n) is 2.28. The summed E-state index contributed by atoms with van der Waals surface area (Å²) in [6, 6.07) is 9.88. The summed E-state index contributed by atoms with van der Waals surface area (Å²) in [6.07, 6.45) is 1.55. The summed E-state index contributed by atoms with van der Waals surface area (Å²) in [5, 5.41) is 8.30. The van der Waals surface area contributed by atoms with Gasteiger partial charge in [0.15, 0.2) is 0 Å². The Kier molecular flexibility index (Phi) is 4.35. The van der Waals surface area contributed by atoms with Gasteiger partial charge in [0.05, 0.1) is 22.5 Å². The summed E-state index contributed by atoms with van der Waals surface area (Å²) in [7, 11) is 0. The van der Waals surface area contributed by atoms with E-state index in [-0.39, 0.29) is 13.2 Å². The Bertz CT molecular complexity index is 784. The molecule has 0 bridgehead atoms. The lowest BCUT2D eigenvalue weighted by Crippen LogP contribution is -2.31. The Hall–Kier alpha value is -3.06. The van der Waals surface area contributed by atoms with Gasteiger partial charge in [0, 0.05) is 12.3 Å². The Labute approximate surface area is 138 Å². The molecule has 2 amide bonds. The molecule has 0 spiro atoms. The number of hydroxylamine groups is 2. The third-order valence-corrected chi connectivity index (χ3v) is 3.44. The standard InChI is InChI=1S/C17H15N3O4/c1-11(18)15-10-12(6-7-19-15)23-8-9-24-20-16(21)13-4-2-3-5-14(13)17(20)22/h2-7,10,18H,8-9H2,1H3. The van der Waals surface area contributed by atoms with Crippen LogP contribution in [0, 0.1) is 5.41 Å². The fraction of sp³-hybridized carbons (Fsp3) is 0.176. The van der Waals surface area contributed by atoms with E-state index in [2.05, 4.69) is 4.98 Å². The Morgan fingerprint density at radius 2 is 1.79 bits per heavy atom. The highest BCUT2D eigenvalue weighted by Gasteiger charge is 2.36. The van der Waals surface area contributed by atoms with Crippen molar-refractivity contribution in [1.82, 2.24) is 10.0 Å². The van der Waals surface area contributed by atoms with E-state index in [4.69, 9.17) is 15.0 Å². The van der Waals surface area contributed by atoms with Gasteiger partial charge in [-0.25, -0.2) is 0 Å². The van der Waals surface area contributed by atoms with Crippen molar-refractivity contribution in [2.45, 2.75) is 6.92 Å². The largest absolute Gasteiger partial charge is 0.491 e. The summed E-state index contributed by atoms with van der Waals surface area (Å²) in [4.78, 5) is 33.5. The lowest BCUT2D eigenvalue weighted by atomic mass is 10.1. The lowest BCUT2D eigenvalue weighted by Gasteiger charge is -2.13. The minimum Gasteiger partial charge on any atom is -0.491 e. The molecule has 3 rings (SSSR count). The second kappa shape index (κ2) is 6.59. The third-order valence-electron chi connectivity index (χ3n) is 3.44. The van der Waals surface area contributed by atoms with Gasteiger partial charge in [0.2, 0.25) is 0 Å². The van der Waals surface area contributed by atoms with Gasteiger partial charge >= 0.3 is 0 Å². The van der Waals surface area contributed by atoms with Gasteiger partial charge in [0.25, 0.3) is 11.8 Å². The molecule has 0 unspecified atom stereocenters. The monoisotopic (exact) mass is 325 g/mol. The minimum absolute atomic E-state index is 0.0344.